The average Bonchev–Trinajstić information content (AvgIpc) is 3.04. The van der Waals surface area contributed by atoms with Crippen LogP contribution < -0.4 is 5.32 Å². The van der Waals surface area contributed by atoms with E-state index < -0.39 is 0 Å². The highest BCUT2D eigenvalue weighted by molar-refractivity contribution is 7.08. The fraction of sp³-hybridized carbons (Fsp3) is 0.500. The molecule has 1 aliphatic heterocycles. The third-order valence-corrected chi connectivity index (χ3v) is 5.35. The summed E-state index contributed by atoms with van der Waals surface area (Å²) in [6.45, 7) is 0.616. The lowest BCUT2D eigenvalue weighted by Crippen LogP contribution is -2.49. The standard InChI is InChI=1S/C16H20N2O2S/c1-18-13-4-2-3-7-16(13,8-5-14(18)19)11-17-15(20)12-6-9-21-10-12/h4,6,9-10H,2-3,5,7-8,11H2,1H3,(H,17,20). The van der Waals surface area contributed by atoms with Crippen LogP contribution in [-0.2, 0) is 4.79 Å². The maximum absolute atomic E-state index is 12.2. The lowest BCUT2D eigenvalue weighted by atomic mass is 9.70. The smallest absolute Gasteiger partial charge is 0.252 e. The van der Waals surface area contributed by atoms with E-state index in [0.29, 0.717) is 13.0 Å². The van der Waals surface area contributed by atoms with Crippen molar-refractivity contribution in [3.63, 3.8) is 0 Å². The zero-order valence-corrected chi connectivity index (χ0v) is 13.0. The molecule has 2 aliphatic rings. The lowest BCUT2D eigenvalue weighted by molar-refractivity contribution is -0.132. The number of rotatable bonds is 3. The molecule has 0 spiro atoms. The van der Waals surface area contributed by atoms with Crippen LogP contribution in [0.15, 0.2) is 28.6 Å². The highest BCUT2D eigenvalue weighted by Gasteiger charge is 2.43. The number of likely N-dealkylation sites (tertiary alicyclic amines) is 1. The lowest BCUT2D eigenvalue weighted by Gasteiger charge is -2.46. The number of carbonyl (C=O) groups excluding carboxylic acids is 2. The molecule has 5 heteroatoms. The number of fused-ring (bicyclic) bond motifs is 1. The molecule has 0 bridgehead atoms. The molecule has 1 N–H and O–H groups in total. The van der Waals surface area contributed by atoms with Crippen molar-refractivity contribution >= 4 is 23.2 Å². The Labute approximate surface area is 128 Å². The van der Waals surface area contributed by atoms with Gasteiger partial charge in [-0.15, -0.1) is 0 Å². The van der Waals surface area contributed by atoms with Crippen LogP contribution >= 0.6 is 11.3 Å². The van der Waals surface area contributed by atoms with Crippen LogP contribution in [0.25, 0.3) is 0 Å². The van der Waals surface area contributed by atoms with E-state index in [1.165, 1.54) is 11.3 Å². The summed E-state index contributed by atoms with van der Waals surface area (Å²) in [5, 5.41) is 6.84. The van der Waals surface area contributed by atoms with Crippen LogP contribution in [0, 0.1) is 5.41 Å². The molecule has 1 aromatic rings. The van der Waals surface area contributed by atoms with Gasteiger partial charge >= 0.3 is 0 Å². The quantitative estimate of drug-likeness (QED) is 0.933. The molecule has 1 aromatic heterocycles. The third kappa shape index (κ3) is 2.62. The Kier molecular flexibility index (Phi) is 3.85. The Hall–Kier alpha value is -1.62. The molecule has 112 valence electrons. The van der Waals surface area contributed by atoms with Crippen LogP contribution in [-0.4, -0.2) is 30.3 Å². The molecule has 3 rings (SSSR count). The van der Waals surface area contributed by atoms with Gasteiger partial charge < -0.3 is 10.2 Å². The summed E-state index contributed by atoms with van der Waals surface area (Å²) < 4.78 is 0. The molecule has 2 amide bonds. The van der Waals surface area contributed by atoms with Gasteiger partial charge in [-0.25, -0.2) is 0 Å². The Balaban J connectivity index is 1.76. The zero-order chi connectivity index (χ0) is 14.9. The Morgan fingerprint density at radius 1 is 1.48 bits per heavy atom. The maximum Gasteiger partial charge on any atom is 0.252 e. The van der Waals surface area contributed by atoms with Crippen LogP contribution in [0.2, 0.25) is 0 Å². The van der Waals surface area contributed by atoms with Gasteiger partial charge in [0.2, 0.25) is 5.91 Å². The molecular formula is C16H20N2O2S. The fourth-order valence-corrected chi connectivity index (χ4v) is 4.07. The van der Waals surface area contributed by atoms with Gasteiger partial charge in [-0.3, -0.25) is 9.59 Å². The Bertz CT molecular complexity index is 579. The summed E-state index contributed by atoms with van der Waals surface area (Å²) in [4.78, 5) is 25.9. The number of carbonyl (C=O) groups is 2. The van der Waals surface area contributed by atoms with Gasteiger partial charge in [0, 0.05) is 42.1 Å². The fourth-order valence-electron chi connectivity index (χ4n) is 3.43. The van der Waals surface area contributed by atoms with Crippen molar-refractivity contribution < 1.29 is 9.59 Å². The highest BCUT2D eigenvalue weighted by atomic mass is 32.1. The number of amides is 2. The van der Waals surface area contributed by atoms with Crippen molar-refractivity contribution in [3.8, 4) is 0 Å². The van der Waals surface area contributed by atoms with E-state index in [1.54, 1.807) is 4.90 Å². The summed E-state index contributed by atoms with van der Waals surface area (Å²) in [5.41, 5.74) is 1.76. The number of nitrogens with zero attached hydrogens (tertiary/aromatic N) is 1. The summed E-state index contributed by atoms with van der Waals surface area (Å²) in [6.07, 6.45) is 6.78. The highest BCUT2D eigenvalue weighted by Crippen LogP contribution is 2.45. The molecule has 1 unspecified atom stereocenters. The molecule has 0 saturated carbocycles. The van der Waals surface area contributed by atoms with Gasteiger partial charge in [-0.05, 0) is 37.1 Å². The maximum atomic E-state index is 12.2. The molecule has 2 heterocycles. The number of nitrogens with one attached hydrogen (secondary N) is 1. The van der Waals surface area contributed by atoms with E-state index in [1.807, 2.05) is 23.9 Å². The average molecular weight is 304 g/mol. The largest absolute Gasteiger partial charge is 0.351 e. The topological polar surface area (TPSA) is 49.4 Å². The van der Waals surface area contributed by atoms with Crippen molar-refractivity contribution in [2.75, 3.05) is 13.6 Å². The van der Waals surface area contributed by atoms with E-state index >= 15 is 0 Å². The predicted molar refractivity (Wildman–Crippen MR) is 83.0 cm³/mol. The van der Waals surface area contributed by atoms with Gasteiger partial charge in [0.15, 0.2) is 0 Å². The first-order valence-corrected chi connectivity index (χ1v) is 8.34. The van der Waals surface area contributed by atoms with Gasteiger partial charge in [0.1, 0.15) is 0 Å². The summed E-state index contributed by atoms with van der Waals surface area (Å²) >= 11 is 1.53. The summed E-state index contributed by atoms with van der Waals surface area (Å²) in [7, 11) is 1.86. The first-order valence-electron chi connectivity index (χ1n) is 7.40. The van der Waals surface area contributed by atoms with E-state index in [9.17, 15) is 9.59 Å². The second kappa shape index (κ2) is 5.64. The summed E-state index contributed by atoms with van der Waals surface area (Å²) in [5.74, 6) is 0.165. The third-order valence-electron chi connectivity index (χ3n) is 4.66. The zero-order valence-electron chi connectivity index (χ0n) is 12.2. The van der Waals surface area contributed by atoms with Crippen molar-refractivity contribution in [1.82, 2.24) is 10.2 Å². The Morgan fingerprint density at radius 3 is 3.10 bits per heavy atom. The first-order chi connectivity index (χ1) is 10.1. The minimum absolute atomic E-state index is 0.0184. The second-order valence-corrected chi connectivity index (χ2v) is 6.69. The van der Waals surface area contributed by atoms with E-state index in [4.69, 9.17) is 0 Å². The molecule has 0 radical (unpaired) electrons. The molecule has 1 fully saturated rings. The van der Waals surface area contributed by atoms with Crippen LogP contribution in [0.1, 0.15) is 42.5 Å². The van der Waals surface area contributed by atoms with Gasteiger partial charge in [-0.1, -0.05) is 6.08 Å². The number of hydrogen-bond donors (Lipinski definition) is 1. The minimum atomic E-state index is -0.0629. The van der Waals surface area contributed by atoms with E-state index in [-0.39, 0.29) is 17.2 Å². The molecule has 1 aliphatic carbocycles. The van der Waals surface area contributed by atoms with E-state index in [2.05, 4.69) is 11.4 Å². The molecule has 21 heavy (non-hydrogen) atoms. The SMILES string of the molecule is CN1C(=O)CCC2(CNC(=O)c3ccsc3)CCCC=C12. The monoisotopic (exact) mass is 304 g/mol. The first kappa shape index (κ1) is 14.3. The minimum Gasteiger partial charge on any atom is -0.351 e. The van der Waals surface area contributed by atoms with Gasteiger partial charge in [0.25, 0.3) is 5.91 Å². The van der Waals surface area contributed by atoms with Crippen molar-refractivity contribution in [2.45, 2.75) is 32.1 Å². The molecular weight excluding hydrogens is 284 g/mol. The number of hydrogen-bond acceptors (Lipinski definition) is 3. The molecule has 4 nitrogen and oxygen atoms in total. The van der Waals surface area contributed by atoms with Crippen LogP contribution in [0.5, 0.6) is 0 Å². The predicted octanol–water partition coefficient (Wildman–Crippen LogP) is 2.78. The number of thiophene rings is 1. The van der Waals surface area contributed by atoms with Crippen molar-refractivity contribution in [2.24, 2.45) is 5.41 Å². The van der Waals surface area contributed by atoms with Crippen molar-refractivity contribution in [1.29, 1.82) is 0 Å². The normalized spacial score (nSPS) is 25.3. The summed E-state index contributed by atoms with van der Waals surface area (Å²) in [6, 6.07) is 1.84. The molecule has 1 atom stereocenters. The van der Waals surface area contributed by atoms with Gasteiger partial charge in [-0.2, -0.15) is 11.3 Å². The van der Waals surface area contributed by atoms with E-state index in [0.717, 1.165) is 36.9 Å². The molecule has 1 saturated heterocycles. The number of piperidine rings is 1. The Morgan fingerprint density at radius 2 is 2.33 bits per heavy atom. The van der Waals surface area contributed by atoms with Crippen LogP contribution in [0.4, 0.5) is 0 Å². The molecule has 0 aromatic carbocycles. The van der Waals surface area contributed by atoms with Crippen LogP contribution in [0.3, 0.4) is 0 Å². The van der Waals surface area contributed by atoms with Gasteiger partial charge in [0.05, 0.1) is 0 Å². The van der Waals surface area contributed by atoms with Crippen molar-refractivity contribution in [3.05, 3.63) is 34.2 Å². The number of allylic oxidation sites excluding steroid dienone is 1. The second-order valence-electron chi connectivity index (χ2n) is 5.91.